The number of aromatic amines is 1. The molecule has 40 heavy (non-hydrogen) atoms. The van der Waals surface area contributed by atoms with Crippen LogP contribution in [-0.2, 0) is 35.6 Å². The van der Waals surface area contributed by atoms with Crippen LogP contribution in [0.15, 0.2) is 58.7 Å². The molecule has 3 heterocycles. The van der Waals surface area contributed by atoms with Gasteiger partial charge in [-0.3, -0.25) is 9.80 Å². The average Bonchev–Trinajstić information content (AvgIpc) is 3.59. The number of hydrogen-bond donors (Lipinski definition) is 2. The van der Waals surface area contributed by atoms with E-state index in [9.17, 15) is 23.1 Å². The first-order valence-electron chi connectivity index (χ1n) is 12.8. The van der Waals surface area contributed by atoms with E-state index in [1.54, 1.807) is 29.4 Å². The van der Waals surface area contributed by atoms with Gasteiger partial charge in [-0.15, -0.1) is 0 Å². The molecular weight excluding hydrogens is 538 g/mol. The minimum atomic E-state index is -4.13. The molecule has 5 rings (SSSR count). The van der Waals surface area contributed by atoms with Crippen molar-refractivity contribution >= 4 is 39.0 Å². The van der Waals surface area contributed by atoms with Crippen LogP contribution >= 0.6 is 0 Å². The normalized spacial score (nSPS) is 19.2. The predicted octanol–water partition coefficient (Wildman–Crippen LogP) is 1.60. The highest BCUT2D eigenvalue weighted by atomic mass is 32.2. The van der Waals surface area contributed by atoms with Gasteiger partial charge in [-0.1, -0.05) is 35.9 Å². The molecule has 1 amide bonds. The average molecular weight is 570 g/mol. The van der Waals surface area contributed by atoms with Crippen molar-refractivity contribution in [2.75, 3.05) is 39.9 Å². The first-order valence-corrected chi connectivity index (χ1v) is 14.2. The number of carbonyl (C=O) groups is 2. The van der Waals surface area contributed by atoms with Gasteiger partial charge < -0.3 is 24.5 Å². The van der Waals surface area contributed by atoms with Gasteiger partial charge in [0, 0.05) is 31.0 Å². The molecule has 2 aromatic carbocycles. The Labute approximate surface area is 231 Å². The van der Waals surface area contributed by atoms with Gasteiger partial charge in [0.2, 0.25) is 5.91 Å². The minimum absolute atomic E-state index is 0.0308. The topological polar surface area (TPSA) is 145 Å². The number of carboxylic acid groups (broad SMARTS) is 1. The number of H-pyrrole nitrogens is 1. The summed E-state index contributed by atoms with van der Waals surface area (Å²) in [4.78, 5) is 29.3. The molecule has 2 N–H and O–H groups in total. The van der Waals surface area contributed by atoms with Gasteiger partial charge in [-0.25, -0.2) is 13.2 Å². The molecule has 1 atom stereocenters. The number of likely N-dealkylation sites (N-methyl/N-ethyl adjacent to an activating group) is 1. The predicted molar refractivity (Wildman–Crippen MR) is 146 cm³/mol. The van der Waals surface area contributed by atoms with E-state index < -0.39 is 34.5 Å². The zero-order valence-corrected chi connectivity index (χ0v) is 23.0. The van der Waals surface area contributed by atoms with Gasteiger partial charge in [0.15, 0.2) is 6.29 Å². The molecule has 0 saturated carbocycles. The molecular formula is C27H31N5O7S. The number of carbonyl (C=O) groups excluding carboxylic acids is 1. The van der Waals surface area contributed by atoms with Crippen LogP contribution in [0, 0.1) is 6.92 Å². The van der Waals surface area contributed by atoms with Crippen molar-refractivity contribution in [3.05, 3.63) is 65.2 Å². The van der Waals surface area contributed by atoms with Gasteiger partial charge >= 0.3 is 5.97 Å². The second-order valence-corrected chi connectivity index (χ2v) is 11.8. The first-order chi connectivity index (χ1) is 19.1. The molecule has 13 heteroatoms. The molecule has 1 aromatic heterocycles. The summed E-state index contributed by atoms with van der Waals surface area (Å²) in [5.74, 6) is -1.86. The summed E-state index contributed by atoms with van der Waals surface area (Å²) in [6, 6.07) is 12.9. The number of aryl methyl sites for hydroxylation is 1. The first kappa shape index (κ1) is 27.8. The fourth-order valence-electron chi connectivity index (χ4n) is 4.71. The number of amides is 1. The largest absolute Gasteiger partial charge is 0.480 e. The van der Waals surface area contributed by atoms with E-state index in [0.29, 0.717) is 30.8 Å². The summed E-state index contributed by atoms with van der Waals surface area (Å²) >= 11 is 0. The van der Waals surface area contributed by atoms with E-state index in [4.69, 9.17) is 9.47 Å². The maximum Gasteiger partial charge on any atom is 0.327 e. The summed E-state index contributed by atoms with van der Waals surface area (Å²) in [5.41, 5.74) is 3.14. The number of ether oxygens (including phenoxy) is 2. The third kappa shape index (κ3) is 6.02. The fraction of sp³-hybridized carbons (Fsp3) is 0.370. The lowest BCUT2D eigenvalue weighted by molar-refractivity contribution is -0.154. The molecule has 0 unspecified atom stereocenters. The molecule has 2 fully saturated rings. The number of hydrogen-bond acceptors (Lipinski definition) is 8. The van der Waals surface area contributed by atoms with Gasteiger partial charge in [-0.2, -0.15) is 9.41 Å². The van der Waals surface area contributed by atoms with Crippen LogP contribution < -0.4 is 0 Å². The highest BCUT2D eigenvalue weighted by Crippen LogP contribution is 2.26. The molecule has 2 saturated heterocycles. The monoisotopic (exact) mass is 569 g/mol. The number of aliphatic carboxylic acids is 1. The third-order valence-corrected chi connectivity index (χ3v) is 8.61. The maximum atomic E-state index is 13.4. The van der Waals surface area contributed by atoms with Crippen molar-refractivity contribution in [3.8, 4) is 0 Å². The Morgan fingerprint density at radius 2 is 1.90 bits per heavy atom. The lowest BCUT2D eigenvalue weighted by atomic mass is 10.1. The summed E-state index contributed by atoms with van der Waals surface area (Å²) in [6.45, 7) is 2.76. The molecule has 0 spiro atoms. The van der Waals surface area contributed by atoms with Gasteiger partial charge in [0.25, 0.3) is 10.0 Å². The zero-order chi connectivity index (χ0) is 28.4. The lowest BCUT2D eigenvalue weighted by Crippen LogP contribution is -2.60. The Morgan fingerprint density at radius 1 is 1.18 bits per heavy atom. The Kier molecular flexibility index (Phi) is 7.90. The van der Waals surface area contributed by atoms with E-state index in [1.165, 1.54) is 11.0 Å². The van der Waals surface area contributed by atoms with Crippen LogP contribution in [0.25, 0.3) is 10.9 Å². The minimum Gasteiger partial charge on any atom is -0.480 e. The number of aromatic nitrogens is 1. The van der Waals surface area contributed by atoms with Crippen LogP contribution in [0.5, 0.6) is 0 Å². The van der Waals surface area contributed by atoms with E-state index >= 15 is 0 Å². The number of benzene rings is 2. The number of hydrazone groups is 1. The molecule has 2 aliphatic heterocycles. The number of carboxylic acids is 1. The number of rotatable bonds is 9. The molecule has 0 radical (unpaired) electrons. The van der Waals surface area contributed by atoms with Crippen molar-refractivity contribution < 1.29 is 32.6 Å². The Hall–Kier alpha value is -3.78. The smallest absolute Gasteiger partial charge is 0.327 e. The number of nitrogens with one attached hydrogen (secondary N) is 1. The number of nitrogens with zero attached hydrogens (tertiary/aromatic N) is 4. The van der Waals surface area contributed by atoms with Crippen molar-refractivity contribution in [1.82, 2.24) is 19.2 Å². The second-order valence-electron chi connectivity index (χ2n) is 9.90. The summed E-state index contributed by atoms with van der Waals surface area (Å²) in [7, 11) is -2.31. The Balaban J connectivity index is 1.26. The summed E-state index contributed by atoms with van der Waals surface area (Å²) < 4.78 is 38.5. The van der Waals surface area contributed by atoms with Gasteiger partial charge in [0.1, 0.15) is 11.1 Å². The second kappa shape index (κ2) is 11.4. The molecule has 2 aliphatic rings. The Bertz CT molecular complexity index is 1530. The van der Waals surface area contributed by atoms with E-state index in [0.717, 1.165) is 20.8 Å². The van der Waals surface area contributed by atoms with Crippen LogP contribution in [0.2, 0.25) is 0 Å². The maximum absolute atomic E-state index is 13.4. The SMILES string of the molecule is Cc1ccc2[nH]c(S(=O)(=O)N3CC(=O)N(Cc4ccc(C=NN(C)CC5OCCO5)cc4)[C@@H](C(=O)O)C3)cc2c1. The fourth-order valence-corrected chi connectivity index (χ4v) is 6.13. The van der Waals surface area contributed by atoms with Gasteiger partial charge in [0.05, 0.1) is 32.5 Å². The van der Waals surface area contributed by atoms with Crippen LogP contribution in [-0.4, -0.2) is 103 Å². The molecule has 212 valence electrons. The van der Waals surface area contributed by atoms with Crippen LogP contribution in [0.4, 0.5) is 0 Å². The zero-order valence-electron chi connectivity index (χ0n) is 22.2. The van der Waals surface area contributed by atoms with Crippen molar-refractivity contribution in [2.24, 2.45) is 5.10 Å². The number of piperazine rings is 1. The quantitative estimate of drug-likeness (QED) is 0.292. The lowest BCUT2D eigenvalue weighted by Gasteiger charge is -2.38. The number of sulfonamides is 1. The third-order valence-electron chi connectivity index (χ3n) is 6.88. The van der Waals surface area contributed by atoms with Crippen LogP contribution in [0.3, 0.4) is 0 Å². The van der Waals surface area contributed by atoms with Crippen molar-refractivity contribution in [3.63, 3.8) is 0 Å². The van der Waals surface area contributed by atoms with Crippen molar-refractivity contribution in [2.45, 2.75) is 30.8 Å². The van der Waals surface area contributed by atoms with E-state index in [1.807, 2.05) is 38.2 Å². The Morgan fingerprint density at radius 3 is 2.60 bits per heavy atom. The van der Waals surface area contributed by atoms with E-state index in [-0.39, 0.29) is 24.4 Å². The molecule has 12 nitrogen and oxygen atoms in total. The van der Waals surface area contributed by atoms with Gasteiger partial charge in [-0.05, 0) is 36.2 Å². The molecule has 0 bridgehead atoms. The summed E-state index contributed by atoms with van der Waals surface area (Å²) in [5, 5.41) is 16.6. The van der Waals surface area contributed by atoms with Crippen molar-refractivity contribution in [1.29, 1.82) is 0 Å². The highest BCUT2D eigenvalue weighted by Gasteiger charge is 2.42. The standard InChI is InChI=1S/C27H31N5O7S/c1-18-3-8-22-21(11-18)12-24(29-22)40(36,37)31-15-23(27(34)35)32(25(33)16-31)14-20-6-4-19(5-7-20)13-28-30(2)17-26-38-9-10-39-26/h3-8,11-13,23,26,29H,9-10,14-17H2,1-2H3,(H,34,35)/t23-/m1/s1. The number of fused-ring (bicyclic) bond motifs is 1. The van der Waals surface area contributed by atoms with Crippen LogP contribution in [0.1, 0.15) is 16.7 Å². The molecule has 0 aliphatic carbocycles. The molecule has 3 aromatic rings. The van der Waals surface area contributed by atoms with E-state index in [2.05, 4.69) is 10.1 Å². The highest BCUT2D eigenvalue weighted by molar-refractivity contribution is 7.89. The summed E-state index contributed by atoms with van der Waals surface area (Å²) in [6.07, 6.45) is 1.38.